The lowest BCUT2D eigenvalue weighted by atomic mass is 10.8. The Balaban J connectivity index is 0.000000336. The van der Waals surface area contributed by atoms with E-state index in [1.807, 2.05) is 0 Å². The number of nitrogens with zero attached hydrogens (tertiary/aromatic N) is 3. The van der Waals surface area contributed by atoms with Gasteiger partial charge in [0, 0.05) is 0 Å². The summed E-state index contributed by atoms with van der Waals surface area (Å²) in [5.74, 6) is -0.141. The minimum absolute atomic E-state index is 0.0379. The van der Waals surface area contributed by atoms with Crippen molar-refractivity contribution < 1.29 is 24.5 Å². The average molecular weight is 240 g/mol. The van der Waals surface area contributed by atoms with Crippen molar-refractivity contribution in [1.29, 1.82) is 0 Å². The maximum atomic E-state index is 8.88. The predicted molar refractivity (Wildman–Crippen MR) is 48.3 cm³/mol. The monoisotopic (exact) mass is 240 g/mol. The molecule has 0 spiro atoms. The molecule has 1 aromatic heterocycles. The first-order valence-corrected chi connectivity index (χ1v) is 4.74. The normalized spacial score (nSPS) is 10.1. The molecule has 0 aliphatic carbocycles. The van der Waals surface area contributed by atoms with Gasteiger partial charge in [-0.15, -0.1) is 0 Å². The maximum absolute atomic E-state index is 8.88. The van der Waals surface area contributed by atoms with E-state index in [2.05, 4.69) is 15.0 Å². The molecule has 0 amide bonds. The molecule has 0 atom stereocenters. The van der Waals surface area contributed by atoms with E-state index in [1.54, 1.807) is 5.48 Å². The van der Waals surface area contributed by atoms with Gasteiger partial charge < -0.3 is 26.1 Å². The molecule has 0 aliphatic heterocycles. The second kappa shape index (κ2) is 5.38. The third-order valence-electron chi connectivity index (χ3n) is 0.770. The van der Waals surface area contributed by atoms with Crippen LogP contribution < -0.4 is 16.9 Å². The van der Waals surface area contributed by atoms with Gasteiger partial charge in [0.05, 0.1) is 0 Å². The molecule has 1 aromatic rings. The molecule has 0 unspecified atom stereocenters. The lowest BCUT2D eigenvalue weighted by Crippen LogP contribution is -2.06. The Morgan fingerprint density at radius 2 is 1.40 bits per heavy atom. The summed E-state index contributed by atoms with van der Waals surface area (Å²) in [6, 6.07) is 0. The summed E-state index contributed by atoms with van der Waals surface area (Å²) in [6.45, 7) is 0. The SMILES string of the molecule is Nc1nc(N)nc(NO)n1.O=P(O)(O)O. The van der Waals surface area contributed by atoms with Gasteiger partial charge in [0.2, 0.25) is 11.9 Å². The molecule has 11 nitrogen and oxygen atoms in total. The summed E-state index contributed by atoms with van der Waals surface area (Å²) < 4.78 is 8.88. The van der Waals surface area contributed by atoms with Crippen molar-refractivity contribution in [2.45, 2.75) is 0 Å². The average Bonchev–Trinajstić information content (AvgIpc) is 1.99. The number of nitrogens with two attached hydrogens (primary N) is 2. The molecule has 0 radical (unpaired) electrons. The molecule has 0 saturated carbocycles. The van der Waals surface area contributed by atoms with Gasteiger partial charge >= 0.3 is 7.82 Å². The summed E-state index contributed by atoms with van der Waals surface area (Å²) in [5.41, 5.74) is 12.0. The van der Waals surface area contributed by atoms with Gasteiger partial charge in [-0.25, -0.2) is 10.0 Å². The van der Waals surface area contributed by atoms with E-state index in [9.17, 15) is 0 Å². The summed E-state index contributed by atoms with van der Waals surface area (Å²) >= 11 is 0. The lowest BCUT2D eigenvalue weighted by Gasteiger charge is -1.97. The smallest absolute Gasteiger partial charge is 0.368 e. The first-order chi connectivity index (χ1) is 6.72. The topological polar surface area (TPSA) is 201 Å². The predicted octanol–water partition coefficient (Wildman–Crippen LogP) is -2.09. The number of hydrogen-bond acceptors (Lipinski definition) is 8. The zero-order valence-electron chi connectivity index (χ0n) is 7.14. The number of phosphoric acid groups is 1. The molecule has 0 aliphatic rings. The van der Waals surface area contributed by atoms with Gasteiger partial charge in [-0.2, -0.15) is 15.0 Å². The number of hydrogen-bond donors (Lipinski definition) is 7. The Morgan fingerprint density at radius 3 is 1.67 bits per heavy atom. The molecule has 1 heterocycles. The van der Waals surface area contributed by atoms with Gasteiger partial charge in [0.15, 0.2) is 0 Å². The van der Waals surface area contributed by atoms with Crippen LogP contribution in [-0.4, -0.2) is 34.8 Å². The molecule has 0 aromatic carbocycles. The molecule has 0 bridgehead atoms. The van der Waals surface area contributed by atoms with Crippen molar-refractivity contribution in [3.8, 4) is 0 Å². The summed E-state index contributed by atoms with van der Waals surface area (Å²) in [4.78, 5) is 32.0. The van der Waals surface area contributed by atoms with E-state index in [-0.39, 0.29) is 17.8 Å². The van der Waals surface area contributed by atoms with E-state index >= 15 is 0 Å². The zero-order valence-corrected chi connectivity index (χ0v) is 8.04. The number of nitrogens with one attached hydrogen (secondary N) is 1. The van der Waals surface area contributed by atoms with E-state index in [0.29, 0.717) is 0 Å². The summed E-state index contributed by atoms with van der Waals surface area (Å²) in [5, 5.41) is 8.27. The van der Waals surface area contributed by atoms with Crippen LogP contribution in [0.25, 0.3) is 0 Å². The number of aromatic nitrogens is 3. The Bertz CT molecular complexity index is 337. The lowest BCUT2D eigenvalue weighted by molar-refractivity contribution is 0.275. The van der Waals surface area contributed by atoms with E-state index in [0.717, 1.165) is 0 Å². The van der Waals surface area contributed by atoms with Crippen LogP contribution in [0, 0.1) is 0 Å². The first kappa shape index (κ1) is 13.5. The van der Waals surface area contributed by atoms with Gasteiger partial charge in [0.1, 0.15) is 0 Å². The largest absolute Gasteiger partial charge is 0.466 e. The summed E-state index contributed by atoms with van der Waals surface area (Å²) in [6.07, 6.45) is 0. The standard InChI is InChI=1S/C3H6N6O.H3O4P/c4-1-6-2(5)8-3(7-1)9-10;1-5(2,3)4/h10H,(H5,4,5,6,7,8,9);(H3,1,2,3,4). The van der Waals surface area contributed by atoms with Crippen LogP contribution in [0.15, 0.2) is 0 Å². The van der Waals surface area contributed by atoms with E-state index in [4.69, 9.17) is 35.9 Å². The molecular formula is C3H9N6O5P. The molecule has 0 saturated heterocycles. The van der Waals surface area contributed by atoms with Gasteiger partial charge in [-0.05, 0) is 0 Å². The van der Waals surface area contributed by atoms with Crippen LogP contribution in [-0.2, 0) is 4.57 Å². The van der Waals surface area contributed by atoms with Crippen LogP contribution in [0.1, 0.15) is 0 Å². The minimum Gasteiger partial charge on any atom is -0.368 e. The van der Waals surface area contributed by atoms with Crippen molar-refractivity contribution in [3.63, 3.8) is 0 Å². The maximum Gasteiger partial charge on any atom is 0.466 e. The second-order valence-electron chi connectivity index (χ2n) is 2.00. The Labute approximate surface area is 83.0 Å². The quantitative estimate of drug-likeness (QED) is 0.209. The first-order valence-electron chi connectivity index (χ1n) is 3.18. The highest BCUT2D eigenvalue weighted by Gasteiger charge is 2.00. The van der Waals surface area contributed by atoms with Crippen LogP contribution in [0.4, 0.5) is 17.8 Å². The van der Waals surface area contributed by atoms with Gasteiger partial charge in [-0.1, -0.05) is 0 Å². The van der Waals surface area contributed by atoms with Gasteiger partial charge in [0.25, 0.3) is 5.95 Å². The van der Waals surface area contributed by atoms with Crippen molar-refractivity contribution in [2.75, 3.05) is 16.9 Å². The fourth-order valence-electron chi connectivity index (χ4n) is 0.459. The van der Waals surface area contributed by atoms with Gasteiger partial charge in [-0.3, -0.25) is 5.21 Å². The number of rotatable bonds is 1. The number of anilines is 3. The van der Waals surface area contributed by atoms with E-state index in [1.165, 1.54) is 0 Å². The van der Waals surface area contributed by atoms with Crippen LogP contribution in [0.3, 0.4) is 0 Å². The molecule has 12 heteroatoms. The Hall–Kier alpha value is -1.52. The third-order valence-corrected chi connectivity index (χ3v) is 0.770. The van der Waals surface area contributed by atoms with Crippen molar-refractivity contribution in [2.24, 2.45) is 0 Å². The fourth-order valence-corrected chi connectivity index (χ4v) is 0.459. The van der Waals surface area contributed by atoms with Crippen molar-refractivity contribution in [1.82, 2.24) is 15.0 Å². The van der Waals surface area contributed by atoms with Crippen molar-refractivity contribution in [3.05, 3.63) is 0 Å². The molecule has 1 rings (SSSR count). The highest BCUT2D eigenvalue weighted by molar-refractivity contribution is 7.45. The third kappa shape index (κ3) is 8.80. The second-order valence-corrected chi connectivity index (χ2v) is 3.03. The summed E-state index contributed by atoms with van der Waals surface area (Å²) in [7, 11) is -4.64. The van der Waals surface area contributed by atoms with Crippen LogP contribution >= 0.6 is 7.82 Å². The molecule has 86 valence electrons. The fraction of sp³-hybridized carbons (Fsp3) is 0. The number of nitrogen functional groups attached to an aromatic ring is 2. The van der Waals surface area contributed by atoms with Crippen LogP contribution in [0.2, 0.25) is 0 Å². The minimum atomic E-state index is -4.64. The molecule has 15 heavy (non-hydrogen) atoms. The Morgan fingerprint density at radius 1 is 1.07 bits per heavy atom. The highest BCUT2D eigenvalue weighted by Crippen LogP contribution is 2.25. The zero-order chi connectivity index (χ0) is 12.1. The highest BCUT2D eigenvalue weighted by atomic mass is 31.2. The Kier molecular flexibility index (Phi) is 4.84. The van der Waals surface area contributed by atoms with E-state index < -0.39 is 7.82 Å². The molecule has 9 N–H and O–H groups in total. The molecule has 0 fully saturated rings. The van der Waals surface area contributed by atoms with Crippen LogP contribution in [0.5, 0.6) is 0 Å². The molecular weight excluding hydrogens is 231 g/mol. The van der Waals surface area contributed by atoms with Crippen molar-refractivity contribution >= 4 is 25.7 Å².